The van der Waals surface area contributed by atoms with Crippen LogP contribution in [0.1, 0.15) is 5.56 Å². The molecule has 2 rings (SSSR count). The van der Waals surface area contributed by atoms with Crippen molar-refractivity contribution in [3.8, 4) is 11.5 Å². The third-order valence-electron chi connectivity index (χ3n) is 2.66. The molecule has 0 aliphatic heterocycles. The molecule has 2 N–H and O–H groups in total. The lowest BCUT2D eigenvalue weighted by Gasteiger charge is -2.11. The van der Waals surface area contributed by atoms with E-state index < -0.39 is 0 Å². The molecule has 5 heteroatoms. The number of phenols is 1. The summed E-state index contributed by atoms with van der Waals surface area (Å²) >= 11 is 9.36. The summed E-state index contributed by atoms with van der Waals surface area (Å²) in [7, 11) is 1.52. The van der Waals surface area contributed by atoms with Gasteiger partial charge in [0.15, 0.2) is 11.5 Å². The van der Waals surface area contributed by atoms with E-state index in [0.29, 0.717) is 21.8 Å². The molecule has 0 aliphatic carbocycles. The smallest absolute Gasteiger partial charge is 0.172 e. The summed E-state index contributed by atoms with van der Waals surface area (Å²) in [6.07, 6.45) is 0. The van der Waals surface area contributed by atoms with Gasteiger partial charge in [0.1, 0.15) is 0 Å². The van der Waals surface area contributed by atoms with Crippen LogP contribution in [0, 0.1) is 0 Å². The van der Waals surface area contributed by atoms with E-state index in [0.717, 1.165) is 11.3 Å². The maximum atomic E-state index is 9.74. The van der Waals surface area contributed by atoms with Crippen LogP contribution in [0.25, 0.3) is 0 Å². The van der Waals surface area contributed by atoms with Crippen molar-refractivity contribution in [2.45, 2.75) is 6.54 Å². The summed E-state index contributed by atoms with van der Waals surface area (Å²) in [6.45, 7) is 0.582. The first-order chi connectivity index (χ1) is 9.11. The maximum absolute atomic E-state index is 9.74. The molecule has 2 aromatic rings. The molecule has 0 radical (unpaired) electrons. The van der Waals surface area contributed by atoms with Gasteiger partial charge in [0.2, 0.25) is 0 Å². The number of nitrogens with one attached hydrogen (secondary N) is 1. The Kier molecular flexibility index (Phi) is 4.56. The van der Waals surface area contributed by atoms with E-state index in [1.807, 2.05) is 30.3 Å². The third-order valence-corrected chi connectivity index (χ3v) is 3.60. The molecule has 0 amide bonds. The molecule has 100 valence electrons. The number of phenolic OH excluding ortho intramolecular Hbond substituents is 1. The largest absolute Gasteiger partial charge is 0.503 e. The predicted molar refractivity (Wildman–Crippen MR) is 81.1 cm³/mol. The average Bonchev–Trinajstić information content (AvgIpc) is 2.41. The molecule has 3 nitrogen and oxygen atoms in total. The van der Waals surface area contributed by atoms with E-state index in [2.05, 4.69) is 21.2 Å². The quantitative estimate of drug-likeness (QED) is 0.863. The second-order valence-electron chi connectivity index (χ2n) is 3.96. The normalized spacial score (nSPS) is 10.3. The fraction of sp³-hybridized carbons (Fsp3) is 0.143. The molecule has 19 heavy (non-hydrogen) atoms. The van der Waals surface area contributed by atoms with Crippen LogP contribution >= 0.6 is 27.5 Å². The Morgan fingerprint density at radius 1 is 1.32 bits per heavy atom. The Balaban J connectivity index is 2.16. The average molecular weight is 343 g/mol. The van der Waals surface area contributed by atoms with Crippen LogP contribution in [0.15, 0.2) is 40.9 Å². The minimum atomic E-state index is 0.101. The lowest BCUT2D eigenvalue weighted by atomic mass is 10.2. The highest BCUT2D eigenvalue weighted by atomic mass is 79.9. The van der Waals surface area contributed by atoms with Crippen molar-refractivity contribution in [2.24, 2.45) is 0 Å². The van der Waals surface area contributed by atoms with E-state index in [1.165, 1.54) is 7.11 Å². The van der Waals surface area contributed by atoms with Gasteiger partial charge in [-0.1, -0.05) is 23.7 Å². The molecular formula is C14H13BrClNO2. The fourth-order valence-corrected chi connectivity index (χ4v) is 2.38. The number of anilines is 1. The Hall–Kier alpha value is -1.39. The summed E-state index contributed by atoms with van der Waals surface area (Å²) in [5, 5.41) is 13.6. The van der Waals surface area contributed by atoms with Crippen LogP contribution in [0.5, 0.6) is 11.5 Å². The minimum absolute atomic E-state index is 0.101. The van der Waals surface area contributed by atoms with Crippen LogP contribution < -0.4 is 10.1 Å². The standard InChI is InChI=1S/C14H13BrClNO2/c1-19-13-7-9(6-10(15)14(13)18)8-17-12-5-3-2-4-11(12)16/h2-7,17-18H,8H2,1H3. The monoisotopic (exact) mass is 341 g/mol. The van der Waals surface area contributed by atoms with Crippen molar-refractivity contribution in [1.82, 2.24) is 0 Å². The Bertz CT molecular complexity index is 590. The highest BCUT2D eigenvalue weighted by Gasteiger charge is 2.08. The van der Waals surface area contributed by atoms with Gasteiger partial charge in [0, 0.05) is 6.54 Å². The molecule has 0 heterocycles. The van der Waals surface area contributed by atoms with E-state index in [-0.39, 0.29) is 5.75 Å². The summed E-state index contributed by atoms with van der Waals surface area (Å²) in [6, 6.07) is 11.2. The predicted octanol–water partition coefficient (Wildman–Crippen LogP) is 4.43. The van der Waals surface area contributed by atoms with Gasteiger partial charge in [-0.3, -0.25) is 0 Å². The molecule has 0 unspecified atom stereocenters. The molecule has 0 fully saturated rings. The van der Waals surface area contributed by atoms with Crippen LogP contribution in [0.3, 0.4) is 0 Å². The first-order valence-corrected chi connectivity index (χ1v) is 6.82. The molecule has 0 spiro atoms. The Morgan fingerprint density at radius 3 is 2.74 bits per heavy atom. The molecule has 2 aromatic carbocycles. The van der Waals surface area contributed by atoms with Gasteiger partial charge >= 0.3 is 0 Å². The van der Waals surface area contributed by atoms with E-state index in [9.17, 15) is 5.11 Å². The van der Waals surface area contributed by atoms with Crippen molar-refractivity contribution >= 4 is 33.2 Å². The fourth-order valence-electron chi connectivity index (χ4n) is 1.69. The first-order valence-electron chi connectivity index (χ1n) is 5.65. The second kappa shape index (κ2) is 6.17. The molecule has 0 saturated carbocycles. The summed E-state index contributed by atoms with van der Waals surface area (Å²) < 4.78 is 5.71. The van der Waals surface area contributed by atoms with E-state index in [1.54, 1.807) is 6.07 Å². The lowest BCUT2D eigenvalue weighted by molar-refractivity contribution is 0.371. The third kappa shape index (κ3) is 3.33. The molecule has 0 atom stereocenters. The Labute approximate surface area is 125 Å². The second-order valence-corrected chi connectivity index (χ2v) is 5.22. The molecular weight excluding hydrogens is 330 g/mol. The number of benzene rings is 2. The van der Waals surface area contributed by atoms with Gasteiger partial charge in [0.25, 0.3) is 0 Å². The van der Waals surface area contributed by atoms with Crippen molar-refractivity contribution in [1.29, 1.82) is 0 Å². The van der Waals surface area contributed by atoms with Gasteiger partial charge < -0.3 is 15.2 Å². The van der Waals surface area contributed by atoms with Gasteiger partial charge in [-0.25, -0.2) is 0 Å². The summed E-state index contributed by atoms with van der Waals surface area (Å²) in [5.74, 6) is 0.536. The van der Waals surface area contributed by atoms with Crippen LogP contribution in [0.4, 0.5) is 5.69 Å². The number of para-hydroxylation sites is 1. The van der Waals surface area contributed by atoms with Crippen molar-refractivity contribution < 1.29 is 9.84 Å². The molecule has 0 bridgehead atoms. The van der Waals surface area contributed by atoms with Gasteiger partial charge in [-0.15, -0.1) is 0 Å². The zero-order chi connectivity index (χ0) is 13.8. The van der Waals surface area contributed by atoms with E-state index in [4.69, 9.17) is 16.3 Å². The summed E-state index contributed by atoms with van der Waals surface area (Å²) in [5.41, 5.74) is 1.84. The minimum Gasteiger partial charge on any atom is -0.503 e. The highest BCUT2D eigenvalue weighted by Crippen LogP contribution is 2.35. The molecule has 0 aliphatic rings. The zero-order valence-electron chi connectivity index (χ0n) is 10.3. The topological polar surface area (TPSA) is 41.5 Å². The SMILES string of the molecule is COc1cc(CNc2ccccc2Cl)cc(Br)c1O. The summed E-state index contributed by atoms with van der Waals surface area (Å²) in [4.78, 5) is 0. The van der Waals surface area contributed by atoms with E-state index >= 15 is 0 Å². The van der Waals surface area contributed by atoms with Gasteiger partial charge in [-0.2, -0.15) is 0 Å². The number of ether oxygens (including phenoxy) is 1. The number of aromatic hydroxyl groups is 1. The lowest BCUT2D eigenvalue weighted by Crippen LogP contribution is -2.00. The van der Waals surface area contributed by atoms with Gasteiger partial charge in [-0.05, 0) is 45.8 Å². The van der Waals surface area contributed by atoms with Gasteiger partial charge in [0.05, 0.1) is 22.3 Å². The molecule has 0 saturated heterocycles. The number of hydrogen-bond acceptors (Lipinski definition) is 3. The first kappa shape index (κ1) is 14.0. The molecule has 0 aromatic heterocycles. The van der Waals surface area contributed by atoms with Crippen molar-refractivity contribution in [2.75, 3.05) is 12.4 Å². The van der Waals surface area contributed by atoms with Crippen LogP contribution in [-0.4, -0.2) is 12.2 Å². The zero-order valence-corrected chi connectivity index (χ0v) is 12.6. The number of hydrogen-bond donors (Lipinski definition) is 2. The van der Waals surface area contributed by atoms with Crippen LogP contribution in [-0.2, 0) is 6.54 Å². The van der Waals surface area contributed by atoms with Crippen molar-refractivity contribution in [3.63, 3.8) is 0 Å². The highest BCUT2D eigenvalue weighted by molar-refractivity contribution is 9.10. The Morgan fingerprint density at radius 2 is 2.05 bits per heavy atom. The van der Waals surface area contributed by atoms with Crippen LogP contribution in [0.2, 0.25) is 5.02 Å². The number of halogens is 2. The number of methoxy groups -OCH3 is 1. The van der Waals surface area contributed by atoms with Crippen molar-refractivity contribution in [3.05, 3.63) is 51.5 Å². The maximum Gasteiger partial charge on any atom is 0.172 e. The number of rotatable bonds is 4.